The number of anilines is 1. The van der Waals surface area contributed by atoms with Crippen LogP contribution >= 0.6 is 0 Å². The molecule has 0 radical (unpaired) electrons. The van der Waals surface area contributed by atoms with Crippen LogP contribution in [0.3, 0.4) is 0 Å². The Morgan fingerprint density at radius 3 is 2.45 bits per heavy atom. The fourth-order valence-corrected chi connectivity index (χ4v) is 2.51. The SMILES string of the molecule is O=Cc1cc(F)c(N2CCCN(CCO)CC2)c(F)c1. The Balaban J connectivity index is 2.17. The maximum atomic E-state index is 14.0. The molecule has 0 spiro atoms. The number of hydrogen-bond acceptors (Lipinski definition) is 4. The summed E-state index contributed by atoms with van der Waals surface area (Å²) in [7, 11) is 0. The van der Waals surface area contributed by atoms with Crippen LogP contribution in [0.1, 0.15) is 16.8 Å². The van der Waals surface area contributed by atoms with Crippen LogP contribution in [0.15, 0.2) is 12.1 Å². The number of benzene rings is 1. The minimum absolute atomic E-state index is 0.000443. The number of carbonyl (C=O) groups excluding carboxylic acids is 1. The maximum absolute atomic E-state index is 14.0. The zero-order valence-corrected chi connectivity index (χ0v) is 11.2. The molecule has 6 heteroatoms. The molecule has 1 N–H and O–H groups in total. The molecule has 0 unspecified atom stereocenters. The second kappa shape index (κ2) is 6.76. The molecule has 0 amide bonds. The topological polar surface area (TPSA) is 43.8 Å². The van der Waals surface area contributed by atoms with Crippen LogP contribution in [-0.4, -0.2) is 55.6 Å². The molecule has 4 nitrogen and oxygen atoms in total. The fraction of sp³-hybridized carbons (Fsp3) is 0.500. The second-order valence-corrected chi connectivity index (χ2v) is 4.86. The predicted octanol–water partition coefficient (Wildman–Crippen LogP) is 1.28. The predicted molar refractivity (Wildman–Crippen MR) is 72.1 cm³/mol. The van der Waals surface area contributed by atoms with Gasteiger partial charge in [0, 0.05) is 31.7 Å². The molecule has 1 aliphatic rings. The van der Waals surface area contributed by atoms with Crippen molar-refractivity contribution in [1.82, 2.24) is 4.90 Å². The Hall–Kier alpha value is -1.53. The van der Waals surface area contributed by atoms with Gasteiger partial charge in [-0.3, -0.25) is 9.69 Å². The number of aliphatic hydroxyl groups excluding tert-OH is 1. The Labute approximate surface area is 116 Å². The van der Waals surface area contributed by atoms with Gasteiger partial charge in [0.2, 0.25) is 0 Å². The van der Waals surface area contributed by atoms with Crippen LogP contribution in [-0.2, 0) is 0 Å². The Morgan fingerprint density at radius 1 is 1.15 bits per heavy atom. The van der Waals surface area contributed by atoms with Crippen molar-refractivity contribution >= 4 is 12.0 Å². The smallest absolute Gasteiger partial charge is 0.150 e. The van der Waals surface area contributed by atoms with Crippen molar-refractivity contribution in [3.63, 3.8) is 0 Å². The van der Waals surface area contributed by atoms with E-state index in [0.29, 0.717) is 32.5 Å². The van der Waals surface area contributed by atoms with E-state index in [-0.39, 0.29) is 17.9 Å². The summed E-state index contributed by atoms with van der Waals surface area (Å²) in [6, 6.07) is 2.11. The Bertz CT molecular complexity index is 459. The van der Waals surface area contributed by atoms with Gasteiger partial charge in [0.25, 0.3) is 0 Å². The summed E-state index contributed by atoms with van der Waals surface area (Å²) in [6.45, 7) is 3.14. The van der Waals surface area contributed by atoms with Crippen LogP contribution in [0.4, 0.5) is 14.5 Å². The molecule has 0 bridgehead atoms. The van der Waals surface area contributed by atoms with Gasteiger partial charge in [-0.25, -0.2) is 8.78 Å². The summed E-state index contributed by atoms with van der Waals surface area (Å²) in [4.78, 5) is 14.3. The van der Waals surface area contributed by atoms with E-state index < -0.39 is 11.6 Å². The fourth-order valence-electron chi connectivity index (χ4n) is 2.51. The quantitative estimate of drug-likeness (QED) is 0.846. The second-order valence-electron chi connectivity index (χ2n) is 4.86. The number of carbonyl (C=O) groups is 1. The van der Waals surface area contributed by atoms with Gasteiger partial charge >= 0.3 is 0 Å². The lowest BCUT2D eigenvalue weighted by molar-refractivity contribution is 0.112. The van der Waals surface area contributed by atoms with Gasteiger partial charge < -0.3 is 10.0 Å². The summed E-state index contributed by atoms with van der Waals surface area (Å²) in [5.41, 5.74) is -0.0677. The highest BCUT2D eigenvalue weighted by molar-refractivity contribution is 5.76. The van der Waals surface area contributed by atoms with E-state index in [4.69, 9.17) is 5.11 Å². The lowest BCUT2D eigenvalue weighted by Crippen LogP contribution is -2.33. The normalized spacial score (nSPS) is 17.1. The Morgan fingerprint density at radius 2 is 1.85 bits per heavy atom. The van der Waals surface area contributed by atoms with E-state index in [2.05, 4.69) is 4.90 Å². The molecule has 0 atom stereocenters. The van der Waals surface area contributed by atoms with E-state index in [1.807, 2.05) is 0 Å². The molecule has 0 aromatic heterocycles. The van der Waals surface area contributed by atoms with Gasteiger partial charge in [-0.2, -0.15) is 0 Å². The first-order valence-electron chi connectivity index (χ1n) is 6.68. The number of aldehydes is 1. The number of nitrogens with zero attached hydrogens (tertiary/aromatic N) is 2. The molecule has 0 saturated carbocycles. The third kappa shape index (κ3) is 3.32. The van der Waals surface area contributed by atoms with Gasteiger partial charge in [0.05, 0.1) is 6.61 Å². The molecular weight excluding hydrogens is 266 g/mol. The van der Waals surface area contributed by atoms with Gasteiger partial charge in [-0.15, -0.1) is 0 Å². The zero-order valence-electron chi connectivity index (χ0n) is 11.2. The zero-order chi connectivity index (χ0) is 14.5. The molecule has 2 rings (SSSR count). The number of β-amino-alcohol motifs (C(OH)–C–C–N with tert-alkyl or cyclic N) is 1. The van der Waals surface area contributed by atoms with Crippen molar-refractivity contribution in [3.05, 3.63) is 29.3 Å². The van der Waals surface area contributed by atoms with E-state index >= 15 is 0 Å². The van der Waals surface area contributed by atoms with E-state index in [1.54, 1.807) is 4.90 Å². The molecule has 1 aromatic rings. The van der Waals surface area contributed by atoms with Crippen molar-refractivity contribution < 1.29 is 18.7 Å². The van der Waals surface area contributed by atoms with Crippen molar-refractivity contribution in [2.45, 2.75) is 6.42 Å². The average Bonchev–Trinajstić information content (AvgIpc) is 2.64. The third-order valence-electron chi connectivity index (χ3n) is 3.50. The van der Waals surface area contributed by atoms with Crippen LogP contribution < -0.4 is 4.90 Å². The highest BCUT2D eigenvalue weighted by Crippen LogP contribution is 2.25. The molecule has 20 heavy (non-hydrogen) atoms. The molecule has 1 fully saturated rings. The molecule has 1 aromatic carbocycles. The van der Waals surface area contributed by atoms with Crippen molar-refractivity contribution in [1.29, 1.82) is 0 Å². The van der Waals surface area contributed by atoms with Crippen molar-refractivity contribution in [2.75, 3.05) is 44.2 Å². The molecular formula is C14H18F2N2O2. The third-order valence-corrected chi connectivity index (χ3v) is 3.50. The molecule has 1 saturated heterocycles. The minimum atomic E-state index is -0.706. The van der Waals surface area contributed by atoms with E-state index in [9.17, 15) is 13.6 Å². The number of aliphatic hydroxyl groups is 1. The van der Waals surface area contributed by atoms with Crippen LogP contribution in [0.2, 0.25) is 0 Å². The van der Waals surface area contributed by atoms with Crippen LogP contribution in [0, 0.1) is 11.6 Å². The number of hydrogen-bond donors (Lipinski definition) is 1. The summed E-state index contributed by atoms with van der Waals surface area (Å²) in [5, 5.41) is 8.93. The molecule has 1 aliphatic heterocycles. The van der Waals surface area contributed by atoms with Crippen LogP contribution in [0.25, 0.3) is 0 Å². The minimum Gasteiger partial charge on any atom is -0.395 e. The number of rotatable bonds is 4. The first-order valence-corrected chi connectivity index (χ1v) is 6.68. The van der Waals surface area contributed by atoms with Gasteiger partial charge in [0.1, 0.15) is 23.6 Å². The average molecular weight is 284 g/mol. The largest absolute Gasteiger partial charge is 0.395 e. The molecule has 110 valence electrons. The van der Waals surface area contributed by atoms with Gasteiger partial charge in [0.15, 0.2) is 0 Å². The lowest BCUT2D eigenvalue weighted by Gasteiger charge is -2.24. The van der Waals surface area contributed by atoms with Crippen LogP contribution in [0.5, 0.6) is 0 Å². The van der Waals surface area contributed by atoms with Crippen molar-refractivity contribution in [3.8, 4) is 0 Å². The number of halogens is 2. The summed E-state index contributed by atoms with van der Waals surface area (Å²) in [5.74, 6) is -1.41. The van der Waals surface area contributed by atoms with Gasteiger partial charge in [-0.05, 0) is 25.1 Å². The summed E-state index contributed by atoms with van der Waals surface area (Å²) < 4.78 is 27.9. The summed E-state index contributed by atoms with van der Waals surface area (Å²) >= 11 is 0. The highest BCUT2D eigenvalue weighted by Gasteiger charge is 2.21. The summed E-state index contributed by atoms with van der Waals surface area (Å²) in [6.07, 6.45) is 1.20. The first-order chi connectivity index (χ1) is 9.65. The van der Waals surface area contributed by atoms with E-state index in [1.165, 1.54) is 0 Å². The first kappa shape index (κ1) is 14.9. The monoisotopic (exact) mass is 284 g/mol. The van der Waals surface area contributed by atoms with E-state index in [0.717, 1.165) is 25.1 Å². The maximum Gasteiger partial charge on any atom is 0.150 e. The lowest BCUT2D eigenvalue weighted by atomic mass is 10.2. The van der Waals surface area contributed by atoms with Gasteiger partial charge in [-0.1, -0.05) is 0 Å². The molecule has 1 heterocycles. The molecule has 0 aliphatic carbocycles. The standard InChI is InChI=1S/C14H18F2N2O2/c15-12-8-11(10-20)9-13(16)14(12)18-3-1-2-17(4-5-18)6-7-19/h8-10,19H,1-7H2. The highest BCUT2D eigenvalue weighted by atomic mass is 19.1. The Kier molecular flexibility index (Phi) is 5.03. The van der Waals surface area contributed by atoms with Crippen molar-refractivity contribution in [2.24, 2.45) is 0 Å².